The number of hydrogen-bond acceptors (Lipinski definition) is 2. The molecule has 2 rings (SSSR count). The number of amides is 2. The molecule has 0 unspecified atom stereocenters. The molecule has 0 saturated carbocycles. The Morgan fingerprint density at radius 2 is 2.12 bits per heavy atom. The minimum Gasteiger partial charge on any atom is -0.292 e. The molecule has 1 aromatic carbocycles. The Kier molecular flexibility index (Phi) is 2.79. The van der Waals surface area contributed by atoms with Gasteiger partial charge in [-0.05, 0) is 36.3 Å². The van der Waals surface area contributed by atoms with Gasteiger partial charge < -0.3 is 0 Å². The van der Waals surface area contributed by atoms with E-state index in [-0.39, 0.29) is 18.2 Å². The van der Waals surface area contributed by atoms with Crippen molar-refractivity contribution in [3.05, 3.63) is 39.9 Å². The number of benzene rings is 1. The Morgan fingerprint density at radius 3 is 2.75 bits per heavy atom. The van der Waals surface area contributed by atoms with Gasteiger partial charge in [0.2, 0.25) is 5.91 Å². The van der Waals surface area contributed by atoms with Crippen LogP contribution in [0.3, 0.4) is 0 Å². The van der Waals surface area contributed by atoms with Gasteiger partial charge in [0, 0.05) is 10.6 Å². The van der Waals surface area contributed by atoms with Gasteiger partial charge in [-0.2, -0.15) is 0 Å². The second kappa shape index (κ2) is 4.10. The lowest BCUT2D eigenvalue weighted by Gasteiger charge is -2.01. The van der Waals surface area contributed by atoms with Gasteiger partial charge in [-0.3, -0.25) is 14.9 Å². The number of carbonyl (C=O) groups excluding carboxylic acids is 2. The third-order valence-corrected chi connectivity index (χ3v) is 2.70. The highest BCUT2D eigenvalue weighted by atomic mass is 35.5. The van der Waals surface area contributed by atoms with Crippen LogP contribution in [0.25, 0.3) is 6.08 Å². The van der Waals surface area contributed by atoms with E-state index in [0.29, 0.717) is 10.6 Å². The van der Waals surface area contributed by atoms with Gasteiger partial charge in [0.05, 0.1) is 6.42 Å². The van der Waals surface area contributed by atoms with E-state index < -0.39 is 0 Å². The molecule has 0 aliphatic carbocycles. The van der Waals surface area contributed by atoms with Gasteiger partial charge >= 0.3 is 0 Å². The average molecular weight is 236 g/mol. The van der Waals surface area contributed by atoms with Crippen LogP contribution in [0.4, 0.5) is 0 Å². The van der Waals surface area contributed by atoms with Crippen molar-refractivity contribution in [2.45, 2.75) is 13.3 Å². The highest BCUT2D eigenvalue weighted by Crippen LogP contribution is 2.20. The van der Waals surface area contributed by atoms with E-state index in [0.717, 1.165) is 11.1 Å². The van der Waals surface area contributed by atoms with Crippen LogP contribution in [0, 0.1) is 6.92 Å². The Labute approximate surface area is 98.1 Å². The molecule has 1 heterocycles. The topological polar surface area (TPSA) is 46.2 Å². The van der Waals surface area contributed by atoms with Crippen LogP contribution >= 0.6 is 11.6 Å². The molecule has 0 atom stereocenters. The third kappa shape index (κ3) is 2.14. The van der Waals surface area contributed by atoms with E-state index in [1.165, 1.54) is 0 Å². The van der Waals surface area contributed by atoms with Gasteiger partial charge in [-0.1, -0.05) is 17.7 Å². The maximum atomic E-state index is 11.4. The van der Waals surface area contributed by atoms with Crippen molar-refractivity contribution in [2.24, 2.45) is 0 Å². The molecule has 0 radical (unpaired) electrons. The van der Waals surface area contributed by atoms with E-state index in [9.17, 15) is 9.59 Å². The summed E-state index contributed by atoms with van der Waals surface area (Å²) in [7, 11) is 0. The molecule has 1 saturated heterocycles. The van der Waals surface area contributed by atoms with E-state index >= 15 is 0 Å². The molecular formula is C12H10ClNO2. The Morgan fingerprint density at radius 1 is 1.38 bits per heavy atom. The first-order chi connectivity index (χ1) is 7.56. The molecule has 0 aromatic heterocycles. The fourth-order valence-electron chi connectivity index (χ4n) is 1.58. The SMILES string of the molecule is Cc1ccc(Cl)cc1/C=C1\CC(=O)NC1=O. The number of nitrogens with one attached hydrogen (secondary N) is 1. The van der Waals surface area contributed by atoms with E-state index in [4.69, 9.17) is 11.6 Å². The van der Waals surface area contributed by atoms with Crippen molar-refractivity contribution in [1.29, 1.82) is 0 Å². The van der Waals surface area contributed by atoms with Crippen molar-refractivity contribution >= 4 is 29.5 Å². The molecule has 1 aliphatic rings. The molecule has 2 amide bonds. The van der Waals surface area contributed by atoms with Crippen LogP contribution < -0.4 is 5.32 Å². The molecule has 1 N–H and O–H groups in total. The number of imide groups is 1. The zero-order valence-electron chi connectivity index (χ0n) is 8.71. The number of hydrogen-bond donors (Lipinski definition) is 1. The minimum absolute atomic E-state index is 0.144. The van der Waals surface area contributed by atoms with Crippen molar-refractivity contribution < 1.29 is 9.59 Å². The molecule has 0 bridgehead atoms. The lowest BCUT2D eigenvalue weighted by Crippen LogP contribution is -2.19. The summed E-state index contributed by atoms with van der Waals surface area (Å²) in [4.78, 5) is 22.4. The lowest BCUT2D eigenvalue weighted by molar-refractivity contribution is -0.124. The Bertz CT molecular complexity index is 506. The molecule has 1 aromatic rings. The Balaban J connectivity index is 2.39. The molecule has 4 heteroatoms. The van der Waals surface area contributed by atoms with E-state index in [1.54, 1.807) is 18.2 Å². The summed E-state index contributed by atoms with van der Waals surface area (Å²) in [5.74, 6) is -0.569. The van der Waals surface area contributed by atoms with Gasteiger partial charge in [-0.25, -0.2) is 0 Å². The normalized spacial score (nSPS) is 18.0. The predicted octanol–water partition coefficient (Wildman–Crippen LogP) is 2.08. The van der Waals surface area contributed by atoms with Gasteiger partial charge in [0.15, 0.2) is 0 Å². The van der Waals surface area contributed by atoms with Crippen molar-refractivity contribution in [1.82, 2.24) is 5.32 Å². The zero-order chi connectivity index (χ0) is 11.7. The fourth-order valence-corrected chi connectivity index (χ4v) is 1.76. The van der Waals surface area contributed by atoms with Crippen molar-refractivity contribution in [2.75, 3.05) is 0 Å². The minimum atomic E-state index is -0.315. The predicted molar refractivity (Wildman–Crippen MR) is 61.9 cm³/mol. The molecular weight excluding hydrogens is 226 g/mol. The van der Waals surface area contributed by atoms with Crippen LogP contribution in [0.15, 0.2) is 23.8 Å². The van der Waals surface area contributed by atoms with Gasteiger partial charge in [-0.15, -0.1) is 0 Å². The molecule has 1 fully saturated rings. The molecule has 1 aliphatic heterocycles. The molecule has 3 nitrogen and oxygen atoms in total. The largest absolute Gasteiger partial charge is 0.292 e. The standard InChI is InChI=1S/C12H10ClNO2/c1-7-2-3-10(13)5-8(7)4-9-6-11(15)14-12(9)16/h2-5H,6H2,1H3,(H,14,15,16)/b9-4+. The fraction of sp³-hybridized carbons (Fsp3) is 0.167. The van der Waals surface area contributed by atoms with Crippen LogP contribution in [-0.4, -0.2) is 11.8 Å². The summed E-state index contributed by atoms with van der Waals surface area (Å²) < 4.78 is 0. The molecule has 0 spiro atoms. The summed E-state index contributed by atoms with van der Waals surface area (Å²) in [6, 6.07) is 5.45. The third-order valence-electron chi connectivity index (χ3n) is 2.47. The number of rotatable bonds is 1. The Hall–Kier alpha value is -1.61. The quantitative estimate of drug-likeness (QED) is 0.598. The molecule has 16 heavy (non-hydrogen) atoms. The second-order valence-corrected chi connectivity index (χ2v) is 4.16. The first-order valence-corrected chi connectivity index (χ1v) is 5.25. The highest BCUT2D eigenvalue weighted by Gasteiger charge is 2.23. The summed E-state index contributed by atoms with van der Waals surface area (Å²) >= 11 is 5.87. The average Bonchev–Trinajstić information content (AvgIpc) is 2.51. The second-order valence-electron chi connectivity index (χ2n) is 3.72. The first kappa shape index (κ1) is 10.9. The van der Waals surface area contributed by atoms with Crippen LogP contribution in [0.1, 0.15) is 17.5 Å². The van der Waals surface area contributed by atoms with Crippen LogP contribution in [0.2, 0.25) is 5.02 Å². The zero-order valence-corrected chi connectivity index (χ0v) is 9.47. The smallest absolute Gasteiger partial charge is 0.254 e. The maximum Gasteiger partial charge on any atom is 0.254 e. The van der Waals surface area contributed by atoms with E-state index in [2.05, 4.69) is 5.32 Å². The lowest BCUT2D eigenvalue weighted by atomic mass is 10.0. The highest BCUT2D eigenvalue weighted by molar-refractivity contribution is 6.30. The van der Waals surface area contributed by atoms with Crippen LogP contribution in [-0.2, 0) is 9.59 Å². The monoisotopic (exact) mass is 235 g/mol. The van der Waals surface area contributed by atoms with Crippen molar-refractivity contribution in [3.63, 3.8) is 0 Å². The van der Waals surface area contributed by atoms with Crippen molar-refractivity contribution in [3.8, 4) is 0 Å². The van der Waals surface area contributed by atoms with Crippen LogP contribution in [0.5, 0.6) is 0 Å². The van der Waals surface area contributed by atoms with Gasteiger partial charge in [0.1, 0.15) is 0 Å². The maximum absolute atomic E-state index is 11.4. The van der Waals surface area contributed by atoms with Gasteiger partial charge in [0.25, 0.3) is 5.91 Å². The number of carbonyl (C=O) groups is 2. The summed E-state index contributed by atoms with van der Waals surface area (Å²) in [6.07, 6.45) is 1.85. The first-order valence-electron chi connectivity index (χ1n) is 4.87. The van der Waals surface area contributed by atoms with E-state index in [1.807, 2.05) is 13.0 Å². The summed E-state index contributed by atoms with van der Waals surface area (Å²) in [5.41, 5.74) is 2.37. The summed E-state index contributed by atoms with van der Waals surface area (Å²) in [5, 5.41) is 2.86. The number of halogens is 1. The summed E-state index contributed by atoms with van der Waals surface area (Å²) in [6.45, 7) is 1.93. The molecule has 82 valence electrons. The number of aryl methyl sites for hydroxylation is 1.